The molecule has 1 aliphatic rings. The molecule has 0 bridgehead atoms. The Bertz CT molecular complexity index is 495. The van der Waals surface area contributed by atoms with E-state index in [-0.39, 0.29) is 11.9 Å². The molecule has 0 spiro atoms. The van der Waals surface area contributed by atoms with Gasteiger partial charge in [-0.2, -0.15) is 0 Å². The number of nitrogens with one attached hydrogen (secondary N) is 1. The summed E-state index contributed by atoms with van der Waals surface area (Å²) < 4.78 is 0. The average molecular weight is 305 g/mol. The number of benzene rings is 1. The van der Waals surface area contributed by atoms with E-state index in [2.05, 4.69) is 17.1 Å². The van der Waals surface area contributed by atoms with Crippen molar-refractivity contribution in [1.82, 2.24) is 10.2 Å². The van der Waals surface area contributed by atoms with Crippen LogP contribution in [0.3, 0.4) is 0 Å². The van der Waals surface area contributed by atoms with Gasteiger partial charge < -0.3 is 16.0 Å². The third kappa shape index (κ3) is 4.79. The number of nitrogens with two attached hydrogens (primary N) is 1. The van der Waals surface area contributed by atoms with Gasteiger partial charge in [0.15, 0.2) is 0 Å². The third-order valence-electron chi connectivity index (χ3n) is 3.79. The summed E-state index contributed by atoms with van der Waals surface area (Å²) in [6.07, 6.45) is 3.86. The van der Waals surface area contributed by atoms with Crippen molar-refractivity contribution in [1.29, 1.82) is 0 Å². The minimum atomic E-state index is -0.0472. The van der Waals surface area contributed by atoms with Gasteiger partial charge in [-0.05, 0) is 45.0 Å². The van der Waals surface area contributed by atoms with Crippen LogP contribution in [0.1, 0.15) is 42.1 Å². The van der Waals surface area contributed by atoms with Gasteiger partial charge >= 0.3 is 0 Å². The summed E-state index contributed by atoms with van der Waals surface area (Å²) in [5.74, 6) is -0.0472. The van der Waals surface area contributed by atoms with Crippen molar-refractivity contribution in [3.63, 3.8) is 0 Å². The van der Waals surface area contributed by atoms with Crippen molar-refractivity contribution in [2.45, 2.75) is 32.2 Å². The van der Waals surface area contributed by atoms with E-state index < -0.39 is 0 Å². The van der Waals surface area contributed by atoms with Crippen molar-refractivity contribution < 1.29 is 4.79 Å². The molecule has 0 aromatic heterocycles. The van der Waals surface area contributed by atoms with E-state index >= 15 is 0 Å². The molecule has 5 heteroatoms. The van der Waals surface area contributed by atoms with Crippen molar-refractivity contribution in [2.75, 3.05) is 19.6 Å². The molecule has 3 N–H and O–H groups in total. The van der Waals surface area contributed by atoms with Gasteiger partial charge in [0.1, 0.15) is 4.99 Å². The molecular weight excluding hydrogens is 282 g/mol. The first-order valence-corrected chi connectivity index (χ1v) is 7.90. The molecule has 1 heterocycles. The highest BCUT2D eigenvalue weighted by Gasteiger charge is 2.15. The van der Waals surface area contributed by atoms with Crippen LogP contribution in [0.25, 0.3) is 0 Å². The Labute approximate surface area is 131 Å². The number of hydrogen-bond acceptors (Lipinski definition) is 3. The zero-order valence-electron chi connectivity index (χ0n) is 12.5. The van der Waals surface area contributed by atoms with Crippen molar-refractivity contribution in [3.8, 4) is 0 Å². The van der Waals surface area contributed by atoms with Gasteiger partial charge in [0.2, 0.25) is 0 Å². The van der Waals surface area contributed by atoms with Crippen LogP contribution in [0.15, 0.2) is 24.3 Å². The zero-order valence-corrected chi connectivity index (χ0v) is 13.3. The number of carbonyl (C=O) groups is 1. The lowest BCUT2D eigenvalue weighted by atomic mass is 10.1. The highest BCUT2D eigenvalue weighted by molar-refractivity contribution is 7.80. The lowest BCUT2D eigenvalue weighted by Gasteiger charge is -2.29. The highest BCUT2D eigenvalue weighted by atomic mass is 32.1. The van der Waals surface area contributed by atoms with E-state index in [1.807, 2.05) is 0 Å². The molecular formula is C16H23N3OS. The van der Waals surface area contributed by atoms with Gasteiger partial charge in [0, 0.05) is 23.7 Å². The van der Waals surface area contributed by atoms with Crippen LogP contribution in [0.5, 0.6) is 0 Å². The smallest absolute Gasteiger partial charge is 0.251 e. The quantitative estimate of drug-likeness (QED) is 0.816. The molecule has 0 aliphatic carbocycles. The number of nitrogens with zero attached hydrogens (tertiary/aromatic N) is 1. The number of piperidine rings is 1. The van der Waals surface area contributed by atoms with E-state index in [9.17, 15) is 4.79 Å². The minimum Gasteiger partial charge on any atom is -0.389 e. The molecule has 21 heavy (non-hydrogen) atoms. The normalized spacial score (nSPS) is 17.2. The van der Waals surface area contributed by atoms with Gasteiger partial charge in [0.25, 0.3) is 5.91 Å². The second-order valence-electron chi connectivity index (χ2n) is 5.68. The summed E-state index contributed by atoms with van der Waals surface area (Å²) in [5.41, 5.74) is 6.97. The molecule has 1 amide bonds. The fourth-order valence-corrected chi connectivity index (χ4v) is 2.80. The highest BCUT2D eigenvalue weighted by Crippen LogP contribution is 2.09. The fourth-order valence-electron chi connectivity index (χ4n) is 2.67. The van der Waals surface area contributed by atoms with E-state index in [1.54, 1.807) is 24.3 Å². The molecule has 4 nitrogen and oxygen atoms in total. The summed E-state index contributed by atoms with van der Waals surface area (Å²) in [6, 6.07) is 7.24. The number of likely N-dealkylation sites (tertiary alicyclic amines) is 1. The first-order chi connectivity index (χ1) is 10.1. The third-order valence-corrected chi connectivity index (χ3v) is 4.03. The lowest BCUT2D eigenvalue weighted by molar-refractivity contribution is 0.0925. The molecule has 2 rings (SSSR count). The predicted molar refractivity (Wildman–Crippen MR) is 89.5 cm³/mol. The van der Waals surface area contributed by atoms with Gasteiger partial charge in [-0.1, -0.05) is 30.8 Å². The molecule has 1 saturated heterocycles. The summed E-state index contributed by atoms with van der Waals surface area (Å²) >= 11 is 4.90. The summed E-state index contributed by atoms with van der Waals surface area (Å²) in [7, 11) is 0. The molecule has 1 aromatic rings. The maximum absolute atomic E-state index is 12.2. The zero-order chi connectivity index (χ0) is 15.2. The van der Waals surface area contributed by atoms with Crippen LogP contribution in [0.4, 0.5) is 0 Å². The summed E-state index contributed by atoms with van der Waals surface area (Å²) in [5, 5.41) is 3.05. The number of thiocarbonyl (C=S) groups is 1. The second-order valence-corrected chi connectivity index (χ2v) is 6.12. The topological polar surface area (TPSA) is 58.4 Å². The molecule has 1 aromatic carbocycles. The van der Waals surface area contributed by atoms with Gasteiger partial charge in [0.05, 0.1) is 0 Å². The monoisotopic (exact) mass is 305 g/mol. The van der Waals surface area contributed by atoms with E-state index in [1.165, 1.54) is 19.3 Å². The maximum Gasteiger partial charge on any atom is 0.251 e. The van der Waals surface area contributed by atoms with Crippen LogP contribution in [0.2, 0.25) is 0 Å². The predicted octanol–water partition coefficient (Wildman–Crippen LogP) is 1.92. The number of hydrogen-bond donors (Lipinski definition) is 2. The van der Waals surface area contributed by atoms with Crippen LogP contribution < -0.4 is 11.1 Å². The Balaban J connectivity index is 1.86. The fraction of sp³-hybridized carbons (Fsp3) is 0.500. The summed E-state index contributed by atoms with van der Waals surface area (Å²) in [4.78, 5) is 15.0. The lowest BCUT2D eigenvalue weighted by Crippen LogP contribution is -2.43. The Morgan fingerprint density at radius 3 is 2.38 bits per heavy atom. The van der Waals surface area contributed by atoms with Crippen molar-refractivity contribution in [3.05, 3.63) is 35.4 Å². The van der Waals surface area contributed by atoms with Crippen LogP contribution in [-0.4, -0.2) is 41.5 Å². The molecule has 1 atom stereocenters. The van der Waals surface area contributed by atoms with Crippen LogP contribution >= 0.6 is 12.2 Å². The number of rotatable bonds is 5. The first-order valence-electron chi connectivity index (χ1n) is 7.49. The van der Waals surface area contributed by atoms with E-state index in [0.717, 1.165) is 25.2 Å². The SMILES string of the molecule is CC(CN1CCCCC1)NC(=O)c1ccc(C(N)=S)cc1. The Morgan fingerprint density at radius 1 is 1.24 bits per heavy atom. The van der Waals surface area contributed by atoms with Gasteiger partial charge in [-0.15, -0.1) is 0 Å². The van der Waals surface area contributed by atoms with E-state index in [4.69, 9.17) is 18.0 Å². The molecule has 0 saturated carbocycles. The number of carbonyl (C=O) groups excluding carboxylic acids is 1. The second kappa shape index (κ2) is 7.52. The van der Waals surface area contributed by atoms with Gasteiger partial charge in [-0.3, -0.25) is 4.79 Å². The molecule has 1 unspecified atom stereocenters. The van der Waals surface area contributed by atoms with Crippen molar-refractivity contribution >= 4 is 23.1 Å². The average Bonchev–Trinajstić information content (AvgIpc) is 2.48. The first kappa shape index (κ1) is 15.9. The van der Waals surface area contributed by atoms with E-state index in [0.29, 0.717) is 10.6 Å². The Morgan fingerprint density at radius 2 is 1.81 bits per heavy atom. The largest absolute Gasteiger partial charge is 0.389 e. The Kier molecular flexibility index (Phi) is 5.70. The maximum atomic E-state index is 12.2. The molecule has 1 aliphatic heterocycles. The summed E-state index contributed by atoms with van der Waals surface area (Å²) in [6.45, 7) is 5.25. The van der Waals surface area contributed by atoms with Crippen molar-refractivity contribution in [2.24, 2.45) is 5.73 Å². The molecule has 0 radical (unpaired) electrons. The standard InChI is InChI=1S/C16H23N3OS/c1-12(11-19-9-3-2-4-10-19)18-16(20)14-7-5-13(6-8-14)15(17)21/h5-8,12H,2-4,9-11H2,1H3,(H2,17,21)(H,18,20). The Hall–Kier alpha value is -1.46. The number of amides is 1. The minimum absolute atomic E-state index is 0.0472. The molecule has 1 fully saturated rings. The van der Waals surface area contributed by atoms with Gasteiger partial charge in [-0.25, -0.2) is 0 Å². The van der Waals surface area contributed by atoms with Crippen LogP contribution in [-0.2, 0) is 0 Å². The molecule has 114 valence electrons. The van der Waals surface area contributed by atoms with Crippen LogP contribution in [0, 0.1) is 0 Å².